The van der Waals surface area contributed by atoms with Crippen molar-refractivity contribution in [3.05, 3.63) is 12.7 Å². The standard InChI is InChI=1S/C16H30O6.C12H17NO8.C8H14O6.C7H12O2.C2H6O2/c1-15(2,3)21-13(17)7-9-19-11-12-20-10-8-14(18)22-16(4,5)6;14-9-1-2-10(15)13(9)21-12(18)4-6-20-8-7-19-5-3-11(16)17;9-7(10)1-3-13-5-6-14-4-2-8(11)12;1-5-6(8)9-7(2,3)4;3-1-2-4/h7-12H2,1-6H3;1-8H2,(H,16,17);1-6H2,(H,9,10)(H,11,12);5H,1H2,2-4H3;3-4H,1-2H2. The summed E-state index contributed by atoms with van der Waals surface area (Å²) in [6.45, 7) is 22.2. The molecule has 1 aliphatic heterocycles. The SMILES string of the molecule is C=CC(=O)OC(C)(C)C.CC(C)(C)OC(=O)CCOCCOCCC(=O)OC(C)(C)C.O=C(O)CCOCCOCCC(=O)O.O=C(O)CCOCCOCCC(=O)ON1C(=O)CCC1=O.OCCO. The molecule has 1 rings (SSSR count). The minimum absolute atomic E-state index is 0.0326. The molecule has 2 amide bonds. The molecule has 25 nitrogen and oxygen atoms in total. The fourth-order valence-electron chi connectivity index (χ4n) is 3.84. The number of ether oxygens (including phenoxy) is 9. The summed E-state index contributed by atoms with van der Waals surface area (Å²) in [6, 6.07) is 0. The lowest BCUT2D eigenvalue weighted by molar-refractivity contribution is -0.198. The molecular weight excluding hydrogens is 938 g/mol. The van der Waals surface area contributed by atoms with Crippen LogP contribution in [0.25, 0.3) is 0 Å². The number of carbonyl (C=O) groups is 9. The van der Waals surface area contributed by atoms with Crippen LogP contribution in [0, 0.1) is 0 Å². The molecule has 1 heterocycles. The maximum Gasteiger partial charge on any atom is 0.335 e. The number of aliphatic hydroxyl groups excluding tert-OH is 2. The van der Waals surface area contributed by atoms with Gasteiger partial charge >= 0.3 is 41.8 Å². The van der Waals surface area contributed by atoms with Gasteiger partial charge in [0.05, 0.1) is 131 Å². The molecule has 0 unspecified atom stereocenters. The molecule has 1 aliphatic rings. The molecule has 0 aromatic rings. The number of hydrogen-bond donors (Lipinski definition) is 5. The van der Waals surface area contributed by atoms with Crippen LogP contribution in [-0.4, -0.2) is 193 Å². The highest BCUT2D eigenvalue weighted by molar-refractivity contribution is 6.01. The number of carboxylic acid groups (broad SMARTS) is 3. The molecule has 70 heavy (non-hydrogen) atoms. The van der Waals surface area contributed by atoms with Crippen LogP contribution in [0.4, 0.5) is 0 Å². The summed E-state index contributed by atoms with van der Waals surface area (Å²) in [5.74, 6) is -5.47. The van der Waals surface area contributed by atoms with E-state index in [9.17, 15) is 43.2 Å². The summed E-state index contributed by atoms with van der Waals surface area (Å²) in [4.78, 5) is 102. The quantitative estimate of drug-likeness (QED) is 0.0227. The van der Waals surface area contributed by atoms with Crippen molar-refractivity contribution in [1.82, 2.24) is 5.06 Å². The van der Waals surface area contributed by atoms with Crippen molar-refractivity contribution in [2.24, 2.45) is 0 Å². The second kappa shape index (κ2) is 43.8. The number of nitrogens with zero attached hydrogens (tertiary/aromatic N) is 1. The van der Waals surface area contributed by atoms with E-state index < -0.39 is 52.5 Å². The largest absolute Gasteiger partial charge is 0.481 e. The predicted octanol–water partition coefficient (Wildman–Crippen LogP) is 2.43. The van der Waals surface area contributed by atoms with Gasteiger partial charge in [0.15, 0.2) is 0 Å². The zero-order valence-corrected chi connectivity index (χ0v) is 42.3. The Morgan fingerprint density at radius 2 is 0.714 bits per heavy atom. The number of imide groups is 1. The topological polar surface area (TPSA) is 350 Å². The smallest absolute Gasteiger partial charge is 0.335 e. The lowest BCUT2D eigenvalue weighted by Gasteiger charge is -2.19. The van der Waals surface area contributed by atoms with Gasteiger partial charge in [0.2, 0.25) is 0 Å². The number of carboxylic acids is 3. The van der Waals surface area contributed by atoms with Crippen molar-refractivity contribution < 1.29 is 116 Å². The number of rotatable bonds is 30. The minimum Gasteiger partial charge on any atom is -0.481 e. The highest BCUT2D eigenvalue weighted by Gasteiger charge is 2.32. The van der Waals surface area contributed by atoms with E-state index in [0.717, 1.165) is 6.08 Å². The third kappa shape index (κ3) is 60.9. The molecule has 0 radical (unpaired) electrons. The van der Waals surface area contributed by atoms with Crippen molar-refractivity contribution in [1.29, 1.82) is 0 Å². The van der Waals surface area contributed by atoms with Crippen molar-refractivity contribution in [3.63, 3.8) is 0 Å². The summed E-state index contributed by atoms with van der Waals surface area (Å²) in [5, 5.41) is 40.6. The maximum atomic E-state index is 11.4. The van der Waals surface area contributed by atoms with Crippen LogP contribution in [0.2, 0.25) is 0 Å². The Morgan fingerprint density at radius 3 is 0.929 bits per heavy atom. The van der Waals surface area contributed by atoms with Gasteiger partial charge in [-0.2, -0.15) is 0 Å². The molecule has 25 heteroatoms. The summed E-state index contributed by atoms with van der Waals surface area (Å²) in [7, 11) is 0. The lowest BCUT2D eigenvalue weighted by atomic mass is 10.2. The van der Waals surface area contributed by atoms with Crippen LogP contribution < -0.4 is 0 Å². The Morgan fingerprint density at radius 1 is 0.457 bits per heavy atom. The van der Waals surface area contributed by atoms with Crippen molar-refractivity contribution in [3.8, 4) is 0 Å². The minimum atomic E-state index is -0.940. The van der Waals surface area contributed by atoms with Crippen molar-refractivity contribution in [2.75, 3.05) is 92.5 Å². The molecule has 0 aliphatic carbocycles. The van der Waals surface area contributed by atoms with Crippen LogP contribution in [-0.2, 0) is 90.6 Å². The van der Waals surface area contributed by atoms with Gasteiger partial charge in [0.1, 0.15) is 16.8 Å². The van der Waals surface area contributed by atoms with E-state index in [4.69, 9.17) is 68.2 Å². The number of amides is 2. The number of esters is 3. The first-order valence-electron chi connectivity index (χ1n) is 22.2. The monoisotopic (exact) mass is 1020 g/mol. The second-order valence-corrected chi connectivity index (χ2v) is 16.8. The molecule has 0 spiro atoms. The Bertz CT molecular complexity index is 1430. The number of hydrogen-bond acceptors (Lipinski definition) is 21. The summed E-state index contributed by atoms with van der Waals surface area (Å²) in [5.41, 5.74) is -1.34. The maximum absolute atomic E-state index is 11.4. The van der Waals surface area contributed by atoms with E-state index in [1.165, 1.54) is 0 Å². The van der Waals surface area contributed by atoms with Gasteiger partial charge in [0, 0.05) is 18.9 Å². The highest BCUT2D eigenvalue weighted by atomic mass is 16.7. The Kier molecular flexibility index (Phi) is 44.7. The summed E-state index contributed by atoms with van der Waals surface area (Å²) in [6.07, 6.45) is 1.45. The van der Waals surface area contributed by atoms with Crippen molar-refractivity contribution >= 4 is 53.6 Å². The van der Waals surface area contributed by atoms with Gasteiger partial charge in [-0.1, -0.05) is 6.58 Å². The third-order valence-electron chi connectivity index (χ3n) is 6.56. The van der Waals surface area contributed by atoms with Crippen molar-refractivity contribution in [2.45, 2.75) is 130 Å². The first kappa shape index (κ1) is 71.4. The van der Waals surface area contributed by atoms with Crippen LogP contribution in [0.5, 0.6) is 0 Å². The molecular formula is C45H79NO24. The Labute approximate surface area is 409 Å². The third-order valence-corrected chi connectivity index (χ3v) is 6.56. The molecule has 0 bridgehead atoms. The van der Waals surface area contributed by atoms with Gasteiger partial charge in [-0.05, 0) is 62.3 Å². The zero-order valence-electron chi connectivity index (χ0n) is 42.3. The van der Waals surface area contributed by atoms with E-state index in [-0.39, 0.29) is 135 Å². The number of carbonyl (C=O) groups excluding carboxylic acids is 6. The fraction of sp³-hybridized carbons (Fsp3) is 0.756. The van der Waals surface area contributed by atoms with Gasteiger partial charge in [-0.25, -0.2) is 9.59 Å². The van der Waals surface area contributed by atoms with E-state index in [0.29, 0.717) is 31.5 Å². The zero-order chi connectivity index (χ0) is 54.6. The van der Waals surface area contributed by atoms with Gasteiger partial charge < -0.3 is 73.0 Å². The molecule has 0 aromatic carbocycles. The molecule has 0 saturated carbocycles. The van der Waals surface area contributed by atoms with Crippen LogP contribution >= 0.6 is 0 Å². The second-order valence-electron chi connectivity index (χ2n) is 16.8. The van der Waals surface area contributed by atoms with Crippen LogP contribution in [0.3, 0.4) is 0 Å². The van der Waals surface area contributed by atoms with Gasteiger partial charge in [0.25, 0.3) is 11.8 Å². The highest BCUT2D eigenvalue weighted by Crippen LogP contribution is 2.13. The molecule has 5 N–H and O–H groups in total. The molecule has 1 fully saturated rings. The van der Waals surface area contributed by atoms with E-state index in [1.807, 2.05) is 62.3 Å². The first-order valence-corrected chi connectivity index (χ1v) is 22.2. The summed E-state index contributed by atoms with van der Waals surface area (Å²) >= 11 is 0. The number of hydroxylamine groups is 2. The van der Waals surface area contributed by atoms with E-state index >= 15 is 0 Å². The molecule has 1 saturated heterocycles. The Balaban J connectivity index is -0.000000421. The molecule has 408 valence electrons. The normalized spacial score (nSPS) is 12.0. The first-order chi connectivity index (χ1) is 32.5. The fourth-order valence-corrected chi connectivity index (χ4v) is 3.84. The Hall–Kier alpha value is -5.15. The number of aliphatic carboxylic acids is 3. The predicted molar refractivity (Wildman–Crippen MR) is 245 cm³/mol. The molecule has 0 aromatic heterocycles. The van der Waals surface area contributed by atoms with Gasteiger partial charge in [-0.15, -0.1) is 5.06 Å². The van der Waals surface area contributed by atoms with Crippen LogP contribution in [0.1, 0.15) is 114 Å². The molecule has 0 atom stereocenters. The lowest BCUT2D eigenvalue weighted by Crippen LogP contribution is -2.32. The average molecular weight is 1020 g/mol. The van der Waals surface area contributed by atoms with Gasteiger partial charge in [-0.3, -0.25) is 33.6 Å². The van der Waals surface area contributed by atoms with Crippen LogP contribution in [0.15, 0.2) is 12.7 Å². The van der Waals surface area contributed by atoms with E-state index in [2.05, 4.69) is 11.4 Å². The average Bonchev–Trinajstić information content (AvgIpc) is 3.54. The summed E-state index contributed by atoms with van der Waals surface area (Å²) < 4.78 is 45.5. The van der Waals surface area contributed by atoms with E-state index in [1.54, 1.807) is 0 Å². The number of aliphatic hydroxyl groups is 2.